The Morgan fingerprint density at radius 3 is 2.63 bits per heavy atom. The lowest BCUT2D eigenvalue weighted by Gasteiger charge is -2.10. The van der Waals surface area contributed by atoms with Crippen molar-refractivity contribution >= 4 is 11.6 Å². The number of benzene rings is 1. The minimum atomic E-state index is 0.161. The third kappa shape index (κ3) is 4.19. The Balaban J connectivity index is 1.76. The zero-order valence-corrected chi connectivity index (χ0v) is 11.4. The van der Waals surface area contributed by atoms with Crippen molar-refractivity contribution in [2.75, 3.05) is 6.61 Å². The molecule has 0 N–H and O–H groups in total. The van der Waals surface area contributed by atoms with Crippen LogP contribution < -0.4 is 4.74 Å². The Morgan fingerprint density at radius 1 is 1.32 bits per heavy atom. The second-order valence-electron chi connectivity index (χ2n) is 5.22. The van der Waals surface area contributed by atoms with Gasteiger partial charge in [0.25, 0.3) is 0 Å². The van der Waals surface area contributed by atoms with Crippen molar-refractivity contribution < 1.29 is 14.3 Å². The SMILES string of the molecule is CC(=O)Cc1ccc(OCCC2CCCC2=O)cc1. The van der Waals surface area contributed by atoms with Gasteiger partial charge in [-0.2, -0.15) is 0 Å². The van der Waals surface area contributed by atoms with Gasteiger partial charge < -0.3 is 4.74 Å². The van der Waals surface area contributed by atoms with E-state index in [0.717, 1.165) is 37.0 Å². The van der Waals surface area contributed by atoms with Crippen LogP contribution in [0.15, 0.2) is 24.3 Å². The maximum Gasteiger partial charge on any atom is 0.136 e. The Kier molecular flexibility index (Phi) is 4.72. The number of carbonyl (C=O) groups excluding carboxylic acids is 2. The first-order valence-electron chi connectivity index (χ1n) is 6.89. The summed E-state index contributed by atoms with van der Waals surface area (Å²) in [6.07, 6.45) is 4.07. The van der Waals surface area contributed by atoms with Crippen molar-refractivity contribution in [1.29, 1.82) is 0 Å². The topological polar surface area (TPSA) is 43.4 Å². The largest absolute Gasteiger partial charge is 0.494 e. The summed E-state index contributed by atoms with van der Waals surface area (Å²) in [5.74, 6) is 1.56. The lowest BCUT2D eigenvalue weighted by molar-refractivity contribution is -0.121. The molecule has 102 valence electrons. The Morgan fingerprint density at radius 2 is 2.05 bits per heavy atom. The average Bonchev–Trinajstić information content (AvgIpc) is 2.77. The maximum absolute atomic E-state index is 11.5. The van der Waals surface area contributed by atoms with E-state index in [-0.39, 0.29) is 11.7 Å². The van der Waals surface area contributed by atoms with E-state index in [4.69, 9.17) is 4.74 Å². The van der Waals surface area contributed by atoms with Crippen molar-refractivity contribution in [3.05, 3.63) is 29.8 Å². The molecule has 1 atom stereocenters. The minimum Gasteiger partial charge on any atom is -0.494 e. The molecule has 1 fully saturated rings. The lowest BCUT2D eigenvalue weighted by Crippen LogP contribution is -2.11. The highest BCUT2D eigenvalue weighted by Crippen LogP contribution is 2.24. The lowest BCUT2D eigenvalue weighted by atomic mass is 10.0. The number of rotatable bonds is 6. The van der Waals surface area contributed by atoms with E-state index in [1.165, 1.54) is 0 Å². The number of ketones is 2. The van der Waals surface area contributed by atoms with E-state index in [1.54, 1.807) is 6.92 Å². The molecule has 1 unspecified atom stereocenters. The molecular weight excluding hydrogens is 240 g/mol. The monoisotopic (exact) mass is 260 g/mol. The van der Waals surface area contributed by atoms with E-state index >= 15 is 0 Å². The number of hydrogen-bond acceptors (Lipinski definition) is 3. The Bertz CT molecular complexity index is 448. The van der Waals surface area contributed by atoms with Gasteiger partial charge in [-0.3, -0.25) is 9.59 Å². The van der Waals surface area contributed by atoms with Gasteiger partial charge in [0.2, 0.25) is 0 Å². The van der Waals surface area contributed by atoms with Crippen LogP contribution in [0, 0.1) is 5.92 Å². The van der Waals surface area contributed by atoms with Gasteiger partial charge >= 0.3 is 0 Å². The molecule has 0 radical (unpaired) electrons. The molecule has 1 aromatic rings. The third-order valence-corrected chi connectivity index (χ3v) is 3.54. The summed E-state index contributed by atoms with van der Waals surface area (Å²) in [4.78, 5) is 22.5. The van der Waals surface area contributed by atoms with Crippen LogP contribution in [-0.2, 0) is 16.0 Å². The predicted octanol–water partition coefficient (Wildman–Crippen LogP) is 2.96. The molecule has 1 aliphatic carbocycles. The van der Waals surface area contributed by atoms with Crippen LogP contribution in [0.25, 0.3) is 0 Å². The summed E-state index contributed by atoms with van der Waals surface area (Å²) in [5, 5.41) is 0. The highest BCUT2D eigenvalue weighted by molar-refractivity contribution is 5.82. The summed E-state index contributed by atoms with van der Waals surface area (Å²) in [6, 6.07) is 7.60. The van der Waals surface area contributed by atoms with Gasteiger partial charge in [0.1, 0.15) is 17.3 Å². The zero-order chi connectivity index (χ0) is 13.7. The summed E-state index contributed by atoms with van der Waals surface area (Å²) in [6.45, 7) is 2.17. The molecule has 1 saturated carbocycles. The molecular formula is C16H20O3. The molecule has 0 amide bonds. The first-order valence-corrected chi connectivity index (χ1v) is 6.89. The van der Waals surface area contributed by atoms with Crippen molar-refractivity contribution in [2.24, 2.45) is 5.92 Å². The summed E-state index contributed by atoms with van der Waals surface area (Å²) >= 11 is 0. The standard InChI is InChI=1S/C16H20O3/c1-12(17)11-13-5-7-15(8-6-13)19-10-9-14-3-2-4-16(14)18/h5-8,14H,2-4,9-11H2,1H3. The van der Waals surface area contributed by atoms with Gasteiger partial charge in [-0.25, -0.2) is 0 Å². The summed E-state index contributed by atoms with van der Waals surface area (Å²) < 4.78 is 5.64. The van der Waals surface area contributed by atoms with Gasteiger partial charge in [-0.1, -0.05) is 12.1 Å². The minimum absolute atomic E-state index is 0.161. The number of ether oxygens (including phenoxy) is 1. The van der Waals surface area contributed by atoms with Crippen LogP contribution in [-0.4, -0.2) is 18.2 Å². The molecule has 0 aromatic heterocycles. The van der Waals surface area contributed by atoms with Crippen molar-refractivity contribution in [2.45, 2.75) is 39.0 Å². The zero-order valence-electron chi connectivity index (χ0n) is 11.4. The van der Waals surface area contributed by atoms with E-state index in [9.17, 15) is 9.59 Å². The van der Waals surface area contributed by atoms with Gasteiger partial charge in [-0.05, 0) is 43.9 Å². The summed E-state index contributed by atoms with van der Waals surface area (Å²) in [5.41, 5.74) is 1.01. The van der Waals surface area contributed by atoms with Crippen LogP contribution >= 0.6 is 0 Å². The number of hydrogen-bond donors (Lipinski definition) is 0. The van der Waals surface area contributed by atoms with Crippen LogP contribution in [0.4, 0.5) is 0 Å². The normalized spacial score (nSPS) is 18.6. The fourth-order valence-corrected chi connectivity index (χ4v) is 2.50. The third-order valence-electron chi connectivity index (χ3n) is 3.54. The Hall–Kier alpha value is -1.64. The van der Waals surface area contributed by atoms with Gasteiger partial charge in [0, 0.05) is 18.8 Å². The van der Waals surface area contributed by atoms with Crippen LogP contribution in [0.1, 0.15) is 38.2 Å². The number of carbonyl (C=O) groups is 2. The van der Waals surface area contributed by atoms with Gasteiger partial charge in [-0.15, -0.1) is 0 Å². The van der Waals surface area contributed by atoms with Gasteiger partial charge in [0.15, 0.2) is 0 Å². The molecule has 3 heteroatoms. The first kappa shape index (κ1) is 13.8. The quantitative estimate of drug-likeness (QED) is 0.789. The highest BCUT2D eigenvalue weighted by atomic mass is 16.5. The van der Waals surface area contributed by atoms with E-state index in [0.29, 0.717) is 18.8 Å². The van der Waals surface area contributed by atoms with Crippen molar-refractivity contribution in [1.82, 2.24) is 0 Å². The molecule has 0 aliphatic heterocycles. The maximum atomic E-state index is 11.5. The highest BCUT2D eigenvalue weighted by Gasteiger charge is 2.23. The molecule has 3 nitrogen and oxygen atoms in total. The van der Waals surface area contributed by atoms with E-state index in [2.05, 4.69) is 0 Å². The molecule has 2 rings (SSSR count). The van der Waals surface area contributed by atoms with E-state index in [1.807, 2.05) is 24.3 Å². The predicted molar refractivity (Wildman–Crippen MR) is 73.3 cm³/mol. The fourth-order valence-electron chi connectivity index (χ4n) is 2.50. The second kappa shape index (κ2) is 6.50. The molecule has 0 saturated heterocycles. The van der Waals surface area contributed by atoms with Crippen molar-refractivity contribution in [3.8, 4) is 5.75 Å². The fraction of sp³-hybridized carbons (Fsp3) is 0.500. The molecule has 19 heavy (non-hydrogen) atoms. The Labute approximate surface area is 114 Å². The molecule has 1 aliphatic rings. The van der Waals surface area contributed by atoms with Crippen LogP contribution in [0.2, 0.25) is 0 Å². The number of Topliss-reactive ketones (excluding diaryl/α,β-unsaturated/α-hetero) is 2. The average molecular weight is 260 g/mol. The molecule has 0 bridgehead atoms. The van der Waals surface area contributed by atoms with Crippen LogP contribution in [0.5, 0.6) is 5.75 Å². The molecule has 0 heterocycles. The van der Waals surface area contributed by atoms with Crippen molar-refractivity contribution in [3.63, 3.8) is 0 Å². The first-order chi connectivity index (χ1) is 9.15. The second-order valence-corrected chi connectivity index (χ2v) is 5.22. The van der Waals surface area contributed by atoms with Gasteiger partial charge in [0.05, 0.1) is 6.61 Å². The molecule has 0 spiro atoms. The van der Waals surface area contributed by atoms with E-state index < -0.39 is 0 Å². The van der Waals surface area contributed by atoms with Crippen LogP contribution in [0.3, 0.4) is 0 Å². The smallest absolute Gasteiger partial charge is 0.136 e. The summed E-state index contributed by atoms with van der Waals surface area (Å²) in [7, 11) is 0. The molecule has 1 aromatic carbocycles.